The molecule has 0 spiro atoms. The van der Waals surface area contributed by atoms with Gasteiger partial charge in [-0.25, -0.2) is 0 Å². The van der Waals surface area contributed by atoms with Crippen molar-refractivity contribution >= 4 is 23.2 Å². The summed E-state index contributed by atoms with van der Waals surface area (Å²) in [6.07, 6.45) is 3.74. The number of hydrogen-bond donors (Lipinski definition) is 1. The topological polar surface area (TPSA) is 20.2 Å². The van der Waals surface area contributed by atoms with Crippen molar-refractivity contribution in [3.63, 3.8) is 0 Å². The molecular weight excluding hydrogens is 231 g/mol. The van der Waals surface area contributed by atoms with E-state index in [2.05, 4.69) is 0 Å². The Bertz CT molecular complexity index is 347. The number of halogens is 2. The fourth-order valence-electron chi connectivity index (χ4n) is 1.78. The summed E-state index contributed by atoms with van der Waals surface area (Å²) >= 11 is 11.9. The van der Waals surface area contributed by atoms with E-state index in [1.165, 1.54) is 12.8 Å². The Hall–Kier alpha value is -0.240. The fraction of sp³-hybridized carbons (Fsp3) is 0.500. The van der Waals surface area contributed by atoms with Gasteiger partial charge >= 0.3 is 0 Å². The third-order valence-corrected chi connectivity index (χ3v) is 3.37. The Labute approximate surface area is 100 Å². The molecule has 1 aliphatic carbocycles. The van der Waals surface area contributed by atoms with Crippen LogP contribution in [0.2, 0.25) is 10.0 Å². The Kier molecular flexibility index (Phi) is 3.55. The lowest BCUT2D eigenvalue weighted by Crippen LogP contribution is -2.11. The van der Waals surface area contributed by atoms with Gasteiger partial charge in [-0.05, 0) is 42.5 Å². The zero-order valence-corrected chi connectivity index (χ0v) is 9.93. The van der Waals surface area contributed by atoms with Crippen molar-refractivity contribution < 1.29 is 5.11 Å². The van der Waals surface area contributed by atoms with Crippen LogP contribution < -0.4 is 0 Å². The van der Waals surface area contributed by atoms with Crippen molar-refractivity contribution in [2.75, 3.05) is 0 Å². The monoisotopic (exact) mass is 244 g/mol. The van der Waals surface area contributed by atoms with E-state index in [4.69, 9.17) is 23.2 Å². The molecule has 1 N–H and O–H groups in total. The second kappa shape index (κ2) is 4.73. The maximum absolute atomic E-state index is 9.83. The number of aliphatic hydroxyl groups is 1. The van der Waals surface area contributed by atoms with E-state index in [0.717, 1.165) is 17.9 Å². The maximum Gasteiger partial charge on any atom is 0.0583 e. The van der Waals surface area contributed by atoms with Crippen LogP contribution in [0.1, 0.15) is 24.8 Å². The summed E-state index contributed by atoms with van der Waals surface area (Å²) in [4.78, 5) is 0. The van der Waals surface area contributed by atoms with Crippen LogP contribution in [0.5, 0.6) is 0 Å². The first-order valence-corrected chi connectivity index (χ1v) is 6.02. The molecule has 1 aromatic rings. The highest BCUT2D eigenvalue weighted by Gasteiger charge is 2.24. The number of hydrogen-bond acceptors (Lipinski definition) is 1. The van der Waals surface area contributed by atoms with Gasteiger partial charge in [0.25, 0.3) is 0 Å². The first kappa shape index (κ1) is 11.3. The van der Waals surface area contributed by atoms with Gasteiger partial charge in [-0.2, -0.15) is 0 Å². The van der Waals surface area contributed by atoms with Crippen LogP contribution in [0.3, 0.4) is 0 Å². The van der Waals surface area contributed by atoms with Gasteiger partial charge in [-0.1, -0.05) is 36.0 Å². The average molecular weight is 245 g/mol. The Morgan fingerprint density at radius 2 is 2.07 bits per heavy atom. The molecule has 3 heteroatoms. The van der Waals surface area contributed by atoms with Crippen LogP contribution >= 0.6 is 23.2 Å². The standard InChI is InChI=1S/C12H14Cl2O/c13-10-3-4-12(14)9(6-10)7-11(15)5-8-1-2-8/h3-4,6,8,11,15H,1-2,5,7H2. The molecule has 1 fully saturated rings. The fourth-order valence-corrected chi connectivity index (χ4v) is 2.16. The molecule has 1 atom stereocenters. The molecule has 0 aromatic heterocycles. The highest BCUT2D eigenvalue weighted by atomic mass is 35.5. The normalized spacial score (nSPS) is 17.8. The molecule has 0 saturated heterocycles. The van der Waals surface area contributed by atoms with E-state index in [1.54, 1.807) is 12.1 Å². The molecule has 0 aliphatic heterocycles. The molecular formula is C12H14Cl2O. The highest BCUT2D eigenvalue weighted by Crippen LogP contribution is 2.34. The molecule has 0 bridgehead atoms. The smallest absolute Gasteiger partial charge is 0.0583 e. The van der Waals surface area contributed by atoms with Gasteiger partial charge in [0.05, 0.1) is 6.10 Å². The van der Waals surface area contributed by atoms with Crippen LogP contribution in [0.4, 0.5) is 0 Å². The predicted octanol–water partition coefficient (Wildman–Crippen LogP) is 3.70. The summed E-state index contributed by atoms with van der Waals surface area (Å²) < 4.78 is 0. The SMILES string of the molecule is OC(Cc1cc(Cl)ccc1Cl)CC1CC1. The Balaban J connectivity index is 1.98. The van der Waals surface area contributed by atoms with E-state index < -0.39 is 0 Å². The van der Waals surface area contributed by atoms with Crippen molar-refractivity contribution in [1.82, 2.24) is 0 Å². The lowest BCUT2D eigenvalue weighted by atomic mass is 10.0. The second-order valence-corrected chi connectivity index (χ2v) is 5.12. The van der Waals surface area contributed by atoms with Crippen LogP contribution in [0.15, 0.2) is 18.2 Å². The average Bonchev–Trinajstić information content (AvgIpc) is 2.95. The molecule has 82 valence electrons. The third kappa shape index (κ3) is 3.37. The van der Waals surface area contributed by atoms with Crippen molar-refractivity contribution in [3.8, 4) is 0 Å². The predicted molar refractivity (Wildman–Crippen MR) is 63.5 cm³/mol. The lowest BCUT2D eigenvalue weighted by molar-refractivity contribution is 0.158. The molecule has 2 rings (SSSR count). The minimum absolute atomic E-state index is 0.284. The van der Waals surface area contributed by atoms with Gasteiger partial charge in [0, 0.05) is 10.0 Å². The number of aliphatic hydroxyl groups excluding tert-OH is 1. The largest absolute Gasteiger partial charge is 0.393 e. The van der Waals surface area contributed by atoms with Crippen LogP contribution in [0.25, 0.3) is 0 Å². The quantitative estimate of drug-likeness (QED) is 0.857. The van der Waals surface area contributed by atoms with Gasteiger partial charge in [-0.3, -0.25) is 0 Å². The van der Waals surface area contributed by atoms with Gasteiger partial charge in [0.15, 0.2) is 0 Å². The first-order chi connectivity index (χ1) is 7.15. The summed E-state index contributed by atoms with van der Waals surface area (Å²) in [6, 6.07) is 5.38. The zero-order chi connectivity index (χ0) is 10.8. The number of benzene rings is 1. The summed E-state index contributed by atoms with van der Waals surface area (Å²) in [5.74, 6) is 0.734. The summed E-state index contributed by atoms with van der Waals surface area (Å²) in [5, 5.41) is 11.2. The maximum atomic E-state index is 9.83. The Morgan fingerprint density at radius 1 is 1.33 bits per heavy atom. The minimum Gasteiger partial charge on any atom is -0.393 e. The summed E-state index contributed by atoms with van der Waals surface area (Å²) in [5.41, 5.74) is 0.942. The number of rotatable bonds is 4. The molecule has 0 heterocycles. The van der Waals surface area contributed by atoms with Crippen molar-refractivity contribution in [2.45, 2.75) is 31.8 Å². The van der Waals surface area contributed by atoms with Crippen LogP contribution in [0, 0.1) is 5.92 Å². The molecule has 1 saturated carbocycles. The second-order valence-electron chi connectivity index (χ2n) is 4.27. The van der Waals surface area contributed by atoms with Gasteiger partial charge in [0.2, 0.25) is 0 Å². The summed E-state index contributed by atoms with van der Waals surface area (Å²) in [7, 11) is 0. The van der Waals surface area contributed by atoms with Gasteiger partial charge < -0.3 is 5.11 Å². The summed E-state index contributed by atoms with van der Waals surface area (Å²) in [6.45, 7) is 0. The van der Waals surface area contributed by atoms with E-state index in [-0.39, 0.29) is 6.10 Å². The zero-order valence-electron chi connectivity index (χ0n) is 8.42. The van der Waals surface area contributed by atoms with Gasteiger partial charge in [-0.15, -0.1) is 0 Å². The molecule has 1 aromatic carbocycles. The van der Waals surface area contributed by atoms with Crippen LogP contribution in [-0.4, -0.2) is 11.2 Å². The third-order valence-electron chi connectivity index (χ3n) is 2.77. The molecule has 0 radical (unpaired) electrons. The molecule has 1 unspecified atom stereocenters. The molecule has 1 aliphatic rings. The lowest BCUT2D eigenvalue weighted by Gasteiger charge is -2.11. The van der Waals surface area contributed by atoms with E-state index >= 15 is 0 Å². The molecule has 1 nitrogen and oxygen atoms in total. The first-order valence-electron chi connectivity index (χ1n) is 5.27. The Morgan fingerprint density at radius 3 is 2.73 bits per heavy atom. The molecule has 15 heavy (non-hydrogen) atoms. The van der Waals surface area contributed by atoms with Crippen molar-refractivity contribution in [1.29, 1.82) is 0 Å². The van der Waals surface area contributed by atoms with Gasteiger partial charge in [0.1, 0.15) is 0 Å². The van der Waals surface area contributed by atoms with Crippen LogP contribution in [-0.2, 0) is 6.42 Å². The minimum atomic E-state index is -0.284. The molecule has 0 amide bonds. The van der Waals surface area contributed by atoms with E-state index in [9.17, 15) is 5.11 Å². The van der Waals surface area contributed by atoms with E-state index in [1.807, 2.05) is 6.07 Å². The van der Waals surface area contributed by atoms with E-state index in [0.29, 0.717) is 16.5 Å². The van der Waals surface area contributed by atoms with Crippen molar-refractivity contribution in [3.05, 3.63) is 33.8 Å². The van der Waals surface area contributed by atoms with Crippen molar-refractivity contribution in [2.24, 2.45) is 5.92 Å². The highest BCUT2D eigenvalue weighted by molar-refractivity contribution is 6.33.